The molecule has 2 aromatic rings. The van der Waals surface area contributed by atoms with Gasteiger partial charge in [-0.05, 0) is 23.6 Å². The average Bonchev–Trinajstić information content (AvgIpc) is 2.51. The largest absolute Gasteiger partial charge is 0.392 e. The molecule has 0 aromatic heterocycles. The van der Waals surface area contributed by atoms with Crippen LogP contribution in [0.25, 0.3) is 0 Å². The predicted octanol–water partition coefficient (Wildman–Crippen LogP) is 2.12. The first kappa shape index (κ1) is 17.5. The molecule has 0 aliphatic heterocycles. The van der Waals surface area contributed by atoms with Gasteiger partial charge in [0.15, 0.2) is 11.6 Å². The van der Waals surface area contributed by atoms with Gasteiger partial charge in [-0.1, -0.05) is 24.3 Å². The quantitative estimate of drug-likeness (QED) is 0.788. The van der Waals surface area contributed by atoms with Crippen LogP contribution in [0.2, 0.25) is 0 Å². The Hall–Kier alpha value is -1.90. The molecule has 0 spiro atoms. The van der Waals surface area contributed by atoms with E-state index in [0.717, 1.165) is 11.1 Å². The highest BCUT2D eigenvalue weighted by Gasteiger charge is 2.21. The zero-order valence-electron chi connectivity index (χ0n) is 11.9. The van der Waals surface area contributed by atoms with Crippen molar-refractivity contribution in [2.75, 3.05) is 6.54 Å². The lowest BCUT2D eigenvalue weighted by molar-refractivity contribution is 0.282. The van der Waals surface area contributed by atoms with Crippen LogP contribution >= 0.6 is 0 Å². The van der Waals surface area contributed by atoms with E-state index in [0.29, 0.717) is 12.5 Å². The second-order valence-corrected chi connectivity index (χ2v) is 6.55. The highest BCUT2D eigenvalue weighted by atomic mass is 32.2. The van der Waals surface area contributed by atoms with Gasteiger partial charge in [-0.2, -0.15) is 0 Å². The molecule has 0 aliphatic rings. The maximum absolute atomic E-state index is 13.5. The highest BCUT2D eigenvalue weighted by Crippen LogP contribution is 2.18. The van der Waals surface area contributed by atoms with Crippen LogP contribution in [0.1, 0.15) is 11.1 Å². The third-order valence-electron chi connectivity index (χ3n) is 3.18. The molecule has 0 aliphatic carbocycles. The van der Waals surface area contributed by atoms with Crippen LogP contribution in [0.3, 0.4) is 0 Å². The third kappa shape index (κ3) is 4.31. The Morgan fingerprint density at radius 2 is 1.48 bits per heavy atom. The molecule has 0 atom stereocenters. The van der Waals surface area contributed by atoms with Gasteiger partial charge >= 0.3 is 0 Å². The minimum atomic E-state index is -4.28. The molecule has 0 radical (unpaired) electrons. The van der Waals surface area contributed by atoms with Gasteiger partial charge < -0.3 is 5.11 Å². The molecule has 2 N–H and O–H groups in total. The maximum Gasteiger partial charge on any atom is 0.243 e. The van der Waals surface area contributed by atoms with Gasteiger partial charge in [0.05, 0.1) is 6.61 Å². The Balaban J connectivity index is 2.05. The van der Waals surface area contributed by atoms with Crippen LogP contribution in [0.4, 0.5) is 13.2 Å². The second kappa shape index (κ2) is 7.12. The lowest BCUT2D eigenvalue weighted by Crippen LogP contribution is -2.27. The topological polar surface area (TPSA) is 66.4 Å². The van der Waals surface area contributed by atoms with E-state index in [-0.39, 0.29) is 19.2 Å². The molecule has 0 saturated carbocycles. The summed E-state index contributed by atoms with van der Waals surface area (Å²) in [6, 6.07) is 7.33. The van der Waals surface area contributed by atoms with E-state index in [4.69, 9.17) is 5.11 Å². The molecule has 0 bridgehead atoms. The SMILES string of the molecule is O=S(=O)(NCCc1ccc(CO)cc1)c1cc(F)c(F)cc1F. The first-order chi connectivity index (χ1) is 10.8. The molecule has 23 heavy (non-hydrogen) atoms. The smallest absolute Gasteiger partial charge is 0.243 e. The van der Waals surface area contributed by atoms with Crippen LogP contribution < -0.4 is 4.72 Å². The molecule has 8 heteroatoms. The summed E-state index contributed by atoms with van der Waals surface area (Å²) in [6.07, 6.45) is 0.316. The van der Waals surface area contributed by atoms with Crippen LogP contribution in [0, 0.1) is 17.5 Å². The van der Waals surface area contributed by atoms with Crippen LogP contribution in [0.15, 0.2) is 41.3 Å². The first-order valence-electron chi connectivity index (χ1n) is 6.66. The lowest BCUT2D eigenvalue weighted by Gasteiger charge is -2.08. The third-order valence-corrected chi connectivity index (χ3v) is 4.65. The molecule has 0 saturated heterocycles. The number of sulfonamides is 1. The molecule has 0 fully saturated rings. The zero-order valence-corrected chi connectivity index (χ0v) is 12.7. The van der Waals surface area contributed by atoms with Crippen molar-refractivity contribution in [3.05, 3.63) is 65.0 Å². The minimum absolute atomic E-state index is 0.0424. The van der Waals surface area contributed by atoms with Gasteiger partial charge in [0.1, 0.15) is 10.7 Å². The molecule has 2 rings (SSSR count). The Bertz CT molecular complexity index is 792. The Labute approximate surface area is 131 Å². The summed E-state index contributed by atoms with van der Waals surface area (Å²) in [5.41, 5.74) is 1.52. The summed E-state index contributed by atoms with van der Waals surface area (Å²) in [5.74, 6) is -4.25. The van der Waals surface area contributed by atoms with E-state index in [1.54, 1.807) is 24.3 Å². The number of benzene rings is 2. The van der Waals surface area contributed by atoms with Gasteiger partial charge in [0, 0.05) is 12.6 Å². The van der Waals surface area contributed by atoms with E-state index in [1.807, 2.05) is 0 Å². The lowest BCUT2D eigenvalue weighted by atomic mass is 10.1. The fourth-order valence-electron chi connectivity index (χ4n) is 1.93. The van der Waals surface area contributed by atoms with Crippen LogP contribution in [-0.2, 0) is 23.1 Å². The first-order valence-corrected chi connectivity index (χ1v) is 8.14. The van der Waals surface area contributed by atoms with Crippen molar-refractivity contribution >= 4 is 10.0 Å². The van der Waals surface area contributed by atoms with Crippen molar-refractivity contribution in [1.29, 1.82) is 0 Å². The van der Waals surface area contributed by atoms with Crippen LogP contribution in [0.5, 0.6) is 0 Å². The molecule has 2 aromatic carbocycles. The number of hydrogen-bond acceptors (Lipinski definition) is 3. The monoisotopic (exact) mass is 345 g/mol. The maximum atomic E-state index is 13.5. The summed E-state index contributed by atoms with van der Waals surface area (Å²) in [7, 11) is -4.28. The Morgan fingerprint density at radius 1 is 0.913 bits per heavy atom. The van der Waals surface area contributed by atoms with Crippen molar-refractivity contribution in [3.63, 3.8) is 0 Å². The van der Waals surface area contributed by atoms with Gasteiger partial charge in [-0.3, -0.25) is 0 Å². The zero-order chi connectivity index (χ0) is 17.0. The number of hydrogen-bond donors (Lipinski definition) is 2. The minimum Gasteiger partial charge on any atom is -0.392 e. The average molecular weight is 345 g/mol. The number of halogens is 3. The summed E-state index contributed by atoms with van der Waals surface area (Å²) in [5, 5.41) is 8.92. The number of aliphatic hydroxyl groups excluding tert-OH is 1. The van der Waals surface area contributed by atoms with E-state index in [9.17, 15) is 21.6 Å². The van der Waals surface area contributed by atoms with E-state index < -0.39 is 32.4 Å². The normalized spacial score (nSPS) is 11.7. The van der Waals surface area contributed by atoms with Crippen molar-refractivity contribution in [3.8, 4) is 0 Å². The fraction of sp³-hybridized carbons (Fsp3) is 0.200. The van der Waals surface area contributed by atoms with Crippen molar-refractivity contribution < 1.29 is 26.7 Å². The van der Waals surface area contributed by atoms with Gasteiger partial charge in [-0.15, -0.1) is 0 Å². The summed E-state index contributed by atoms with van der Waals surface area (Å²) < 4.78 is 65.4. The van der Waals surface area contributed by atoms with Crippen LogP contribution in [-0.4, -0.2) is 20.1 Å². The molecule has 0 amide bonds. The number of rotatable bonds is 6. The number of nitrogens with one attached hydrogen (secondary N) is 1. The molecule has 0 unspecified atom stereocenters. The van der Waals surface area contributed by atoms with Crippen molar-refractivity contribution in [1.82, 2.24) is 4.72 Å². The molecule has 0 heterocycles. The predicted molar refractivity (Wildman–Crippen MR) is 77.6 cm³/mol. The molecular formula is C15H14F3NO3S. The molecular weight excluding hydrogens is 331 g/mol. The molecule has 4 nitrogen and oxygen atoms in total. The summed E-state index contributed by atoms with van der Waals surface area (Å²) in [6.45, 7) is -0.137. The Morgan fingerprint density at radius 3 is 2.09 bits per heavy atom. The van der Waals surface area contributed by atoms with Crippen molar-refractivity contribution in [2.45, 2.75) is 17.9 Å². The van der Waals surface area contributed by atoms with Gasteiger partial charge in [0.25, 0.3) is 0 Å². The summed E-state index contributed by atoms with van der Waals surface area (Å²) in [4.78, 5) is -0.938. The van der Waals surface area contributed by atoms with Gasteiger partial charge in [0.2, 0.25) is 10.0 Å². The second-order valence-electron chi connectivity index (χ2n) is 4.82. The standard InChI is InChI=1S/C15H14F3NO3S/c16-12-7-14(18)15(8-13(12)17)23(21,22)19-6-5-10-1-3-11(9-20)4-2-10/h1-4,7-8,19-20H,5-6,9H2. The van der Waals surface area contributed by atoms with Crippen molar-refractivity contribution in [2.24, 2.45) is 0 Å². The van der Waals surface area contributed by atoms with Gasteiger partial charge in [-0.25, -0.2) is 26.3 Å². The Kier molecular flexibility index (Phi) is 5.40. The molecule has 124 valence electrons. The summed E-state index contributed by atoms with van der Waals surface area (Å²) >= 11 is 0. The number of aliphatic hydroxyl groups is 1. The van der Waals surface area contributed by atoms with E-state index >= 15 is 0 Å². The van der Waals surface area contributed by atoms with E-state index in [2.05, 4.69) is 4.72 Å². The highest BCUT2D eigenvalue weighted by molar-refractivity contribution is 7.89. The fourth-order valence-corrected chi connectivity index (χ4v) is 3.03. The van der Waals surface area contributed by atoms with E-state index in [1.165, 1.54) is 0 Å².